The molecule has 0 aliphatic rings. The first kappa shape index (κ1) is 52.5. The fourth-order valence-electron chi connectivity index (χ4n) is 13.0. The van der Waals surface area contributed by atoms with Crippen molar-refractivity contribution >= 4 is 115 Å². The van der Waals surface area contributed by atoms with Gasteiger partial charge in [-0.15, -0.1) is 0 Å². The Morgan fingerprint density at radius 1 is 0.190 bits per heavy atom. The molecule has 14 aromatic rings. The molecule has 0 unspecified atom stereocenters. The average Bonchev–Trinajstić information content (AvgIpc) is 1.27. The zero-order valence-electron chi connectivity index (χ0n) is 48.6. The summed E-state index contributed by atoms with van der Waals surface area (Å²) in [6, 6.07) is 109. The summed E-state index contributed by atoms with van der Waals surface area (Å²) in [7, 11) is -2.93. The van der Waals surface area contributed by atoms with E-state index < -0.39 is 16.1 Å². The fraction of sp³-hybridized carbons (Fsp3) is 0.0750. The standard InChI is InChI=1S/C80H66N2Si2/c1-83(2,3)63-51-47-61(48-52-63)81(57-23-9-7-10-24-57)59-43-39-55(40-44-59)77-69-27-13-17-31-73(69)79(74-32-18-14-28-70(74)77)67-37-21-36-66-65(67)35-22-38-68(66)80-75-33-19-15-29-71(75)78(72-30-16-20-34-76(72)80)56-41-45-60(46-42-56)82(58-25-11-8-12-26-58)62-49-53-64(54-50-62)84(4,5)6/h7-54H,1-6H3. The summed E-state index contributed by atoms with van der Waals surface area (Å²) in [5.74, 6) is 0. The normalized spacial score (nSPS) is 11.9. The molecule has 404 valence electrons. The molecular weight excluding hydrogens is 1050 g/mol. The smallest absolute Gasteiger partial charge is 0.0775 e. The van der Waals surface area contributed by atoms with E-state index in [9.17, 15) is 0 Å². The molecule has 0 N–H and O–H groups in total. The average molecular weight is 1110 g/mol. The largest absolute Gasteiger partial charge is 0.311 e. The lowest BCUT2D eigenvalue weighted by Gasteiger charge is -2.27. The topological polar surface area (TPSA) is 6.48 Å². The van der Waals surface area contributed by atoms with Crippen molar-refractivity contribution in [3.05, 3.63) is 291 Å². The first-order valence-electron chi connectivity index (χ1n) is 29.5. The molecule has 14 aromatic carbocycles. The molecule has 0 spiro atoms. The number of fused-ring (bicyclic) bond motifs is 5. The minimum Gasteiger partial charge on any atom is -0.311 e. The van der Waals surface area contributed by atoms with E-state index in [1.807, 2.05) is 0 Å². The van der Waals surface area contributed by atoms with Crippen molar-refractivity contribution in [1.29, 1.82) is 0 Å². The van der Waals surface area contributed by atoms with Gasteiger partial charge in [0.2, 0.25) is 0 Å². The maximum absolute atomic E-state index is 2.41. The predicted molar refractivity (Wildman–Crippen MR) is 371 cm³/mol. The monoisotopic (exact) mass is 1110 g/mol. The molecule has 2 nitrogen and oxygen atoms in total. The van der Waals surface area contributed by atoms with E-state index in [1.54, 1.807) is 0 Å². The van der Waals surface area contributed by atoms with E-state index in [2.05, 4.69) is 340 Å². The fourth-order valence-corrected chi connectivity index (χ4v) is 15.4. The van der Waals surface area contributed by atoms with Gasteiger partial charge in [-0.25, -0.2) is 0 Å². The van der Waals surface area contributed by atoms with E-state index in [0.29, 0.717) is 0 Å². The molecule has 0 amide bonds. The lowest BCUT2D eigenvalue weighted by atomic mass is 9.82. The minimum absolute atomic E-state index is 1.12. The van der Waals surface area contributed by atoms with E-state index in [4.69, 9.17) is 0 Å². The van der Waals surface area contributed by atoms with Crippen molar-refractivity contribution in [3.63, 3.8) is 0 Å². The third-order valence-electron chi connectivity index (χ3n) is 17.2. The molecule has 84 heavy (non-hydrogen) atoms. The molecule has 0 aliphatic carbocycles. The van der Waals surface area contributed by atoms with E-state index in [1.165, 1.54) is 109 Å². The summed E-state index contributed by atoms with van der Waals surface area (Å²) in [6.45, 7) is 14.5. The van der Waals surface area contributed by atoms with Crippen molar-refractivity contribution in [2.45, 2.75) is 39.3 Å². The highest BCUT2D eigenvalue weighted by Gasteiger charge is 2.24. The molecule has 14 rings (SSSR count). The third-order valence-corrected chi connectivity index (χ3v) is 21.3. The second-order valence-electron chi connectivity index (χ2n) is 24.4. The molecule has 0 heterocycles. The van der Waals surface area contributed by atoms with Gasteiger partial charge in [0.15, 0.2) is 0 Å². The van der Waals surface area contributed by atoms with Crippen molar-refractivity contribution in [2.75, 3.05) is 9.80 Å². The molecule has 0 aliphatic heterocycles. The third kappa shape index (κ3) is 9.38. The van der Waals surface area contributed by atoms with Crippen LogP contribution in [-0.4, -0.2) is 16.1 Å². The Kier molecular flexibility index (Phi) is 13.3. The SMILES string of the molecule is C[Si](C)(C)c1ccc(N(c2ccccc2)c2ccc(-c3c4ccccc4c(-c4cccc5c(-c6c7ccccc7c(-c7ccc(N(c8ccccc8)c8ccc([Si](C)(C)C)cc8)cc7)c7ccccc67)cccc45)c4ccccc34)cc2)cc1. The second kappa shape index (κ2) is 21.3. The number of anilines is 6. The maximum Gasteiger partial charge on any atom is 0.0775 e. The van der Waals surface area contributed by atoms with Crippen LogP contribution in [0.4, 0.5) is 34.1 Å². The minimum atomic E-state index is -1.47. The summed E-state index contributed by atoms with van der Waals surface area (Å²) in [4.78, 5) is 4.75. The zero-order valence-corrected chi connectivity index (χ0v) is 50.6. The number of rotatable bonds is 12. The van der Waals surface area contributed by atoms with Crippen LogP contribution in [0.25, 0.3) is 98.4 Å². The summed E-state index contributed by atoms with van der Waals surface area (Å²) < 4.78 is 0. The Hall–Kier alpha value is -9.59. The number of nitrogens with zero attached hydrogens (tertiary/aromatic N) is 2. The van der Waals surface area contributed by atoms with E-state index in [-0.39, 0.29) is 0 Å². The quantitative estimate of drug-likeness (QED) is 0.0889. The molecule has 4 heteroatoms. The summed E-state index contributed by atoms with van der Waals surface area (Å²) in [6.07, 6.45) is 0. The zero-order chi connectivity index (χ0) is 57.1. The van der Waals surface area contributed by atoms with Gasteiger partial charge in [0.1, 0.15) is 0 Å². The van der Waals surface area contributed by atoms with Gasteiger partial charge in [-0.2, -0.15) is 0 Å². The molecule has 0 radical (unpaired) electrons. The Morgan fingerprint density at radius 2 is 0.417 bits per heavy atom. The van der Waals surface area contributed by atoms with Crippen LogP contribution in [0.15, 0.2) is 291 Å². The van der Waals surface area contributed by atoms with Gasteiger partial charge in [0, 0.05) is 34.1 Å². The Bertz CT molecular complexity index is 4330. The van der Waals surface area contributed by atoms with Crippen molar-refractivity contribution < 1.29 is 0 Å². The van der Waals surface area contributed by atoms with Gasteiger partial charge in [-0.05, 0) is 171 Å². The van der Waals surface area contributed by atoms with Crippen LogP contribution >= 0.6 is 0 Å². The molecule has 0 atom stereocenters. The van der Waals surface area contributed by atoms with Crippen molar-refractivity contribution in [2.24, 2.45) is 0 Å². The van der Waals surface area contributed by atoms with Crippen LogP contribution in [0.5, 0.6) is 0 Å². The van der Waals surface area contributed by atoms with Crippen LogP contribution in [0.2, 0.25) is 39.3 Å². The van der Waals surface area contributed by atoms with Crippen molar-refractivity contribution in [3.8, 4) is 44.5 Å². The highest BCUT2D eigenvalue weighted by molar-refractivity contribution is 6.89. The number of hydrogen-bond donors (Lipinski definition) is 0. The van der Waals surface area contributed by atoms with Gasteiger partial charge in [-0.1, -0.05) is 268 Å². The molecule has 0 saturated carbocycles. The second-order valence-corrected chi connectivity index (χ2v) is 34.6. The lowest BCUT2D eigenvalue weighted by Crippen LogP contribution is -2.37. The molecule has 0 fully saturated rings. The maximum atomic E-state index is 2.41. The van der Waals surface area contributed by atoms with E-state index in [0.717, 1.165) is 34.1 Å². The Balaban J connectivity index is 0.886. The molecular formula is C80H66N2Si2. The molecule has 0 aromatic heterocycles. The lowest BCUT2D eigenvalue weighted by molar-refractivity contribution is 1.28. The van der Waals surface area contributed by atoms with Gasteiger partial charge < -0.3 is 9.80 Å². The molecule has 0 bridgehead atoms. The number of benzene rings is 14. The molecule has 0 saturated heterocycles. The Morgan fingerprint density at radius 3 is 0.690 bits per heavy atom. The highest BCUT2D eigenvalue weighted by Crippen LogP contribution is 2.50. The summed E-state index contributed by atoms with van der Waals surface area (Å²) in [5, 5.41) is 15.3. The number of hydrogen-bond acceptors (Lipinski definition) is 2. The first-order chi connectivity index (χ1) is 41.0. The van der Waals surface area contributed by atoms with Crippen LogP contribution in [0.1, 0.15) is 0 Å². The van der Waals surface area contributed by atoms with Gasteiger partial charge in [-0.3, -0.25) is 0 Å². The van der Waals surface area contributed by atoms with Crippen LogP contribution < -0.4 is 20.2 Å². The van der Waals surface area contributed by atoms with E-state index >= 15 is 0 Å². The number of para-hydroxylation sites is 2. The van der Waals surface area contributed by atoms with Gasteiger partial charge >= 0.3 is 0 Å². The summed E-state index contributed by atoms with van der Waals surface area (Å²) >= 11 is 0. The van der Waals surface area contributed by atoms with Gasteiger partial charge in [0.05, 0.1) is 16.1 Å². The Labute approximate surface area is 496 Å². The predicted octanol–water partition coefficient (Wildman–Crippen LogP) is 22.2. The van der Waals surface area contributed by atoms with Crippen LogP contribution in [0, 0.1) is 0 Å². The van der Waals surface area contributed by atoms with Gasteiger partial charge in [0.25, 0.3) is 0 Å². The first-order valence-corrected chi connectivity index (χ1v) is 36.5. The van der Waals surface area contributed by atoms with Crippen molar-refractivity contribution in [1.82, 2.24) is 0 Å². The highest BCUT2D eigenvalue weighted by atomic mass is 28.3. The van der Waals surface area contributed by atoms with Crippen LogP contribution in [-0.2, 0) is 0 Å². The summed E-state index contributed by atoms with van der Waals surface area (Å²) in [5.41, 5.74) is 16.7. The van der Waals surface area contributed by atoms with Crippen LogP contribution in [0.3, 0.4) is 0 Å².